The minimum Gasteiger partial charge on any atom is -0.480 e. The largest absolute Gasteiger partial charge is 0.480 e. The topological polar surface area (TPSA) is 67.4 Å². The van der Waals surface area contributed by atoms with Crippen LogP contribution in [0.1, 0.15) is 31.4 Å². The van der Waals surface area contributed by atoms with Gasteiger partial charge in [-0.05, 0) is 61.7 Å². The Morgan fingerprint density at radius 1 is 1.00 bits per heavy atom. The van der Waals surface area contributed by atoms with E-state index in [0.29, 0.717) is 17.8 Å². The normalized spacial score (nSPS) is 11.5. The molecule has 0 saturated heterocycles. The van der Waals surface area contributed by atoms with Gasteiger partial charge in [-0.3, -0.25) is 9.59 Å². The summed E-state index contributed by atoms with van der Waals surface area (Å²) in [5.74, 6) is 0.392. The number of nitrogens with one attached hydrogen (secondary N) is 2. The molecule has 0 saturated carbocycles. The summed E-state index contributed by atoms with van der Waals surface area (Å²) in [6, 6.07) is 12.8. The Balaban J connectivity index is 2.04. The van der Waals surface area contributed by atoms with Gasteiger partial charge in [-0.2, -0.15) is 0 Å². The van der Waals surface area contributed by atoms with Crippen LogP contribution in [0.3, 0.4) is 0 Å². The summed E-state index contributed by atoms with van der Waals surface area (Å²) in [4.78, 5) is 23.5. The van der Waals surface area contributed by atoms with Crippen molar-refractivity contribution in [1.82, 2.24) is 0 Å². The Labute approximate surface area is 148 Å². The standard InChI is InChI=1S/C20H24N2O3/c1-5-18(25-19-8-6-7-13(2)14(19)3)20(24)22-17-11-9-16(10-12-17)21-15(4)23/h6-12,18H,5H2,1-4H3,(H,21,23)(H,22,24). The summed E-state index contributed by atoms with van der Waals surface area (Å²) in [6.07, 6.45) is -0.0149. The third kappa shape index (κ3) is 5.08. The smallest absolute Gasteiger partial charge is 0.265 e. The molecule has 0 aliphatic rings. The van der Waals surface area contributed by atoms with Crippen LogP contribution in [0.4, 0.5) is 11.4 Å². The number of amides is 2. The third-order valence-corrected chi connectivity index (χ3v) is 3.96. The first-order valence-electron chi connectivity index (χ1n) is 8.32. The van der Waals surface area contributed by atoms with Crippen LogP contribution < -0.4 is 15.4 Å². The number of benzene rings is 2. The number of ether oxygens (including phenoxy) is 1. The lowest BCUT2D eigenvalue weighted by Crippen LogP contribution is -2.32. The first-order chi connectivity index (χ1) is 11.9. The van der Waals surface area contributed by atoms with E-state index in [2.05, 4.69) is 10.6 Å². The molecule has 0 aliphatic carbocycles. The highest BCUT2D eigenvalue weighted by Gasteiger charge is 2.19. The Bertz CT molecular complexity index is 754. The fraction of sp³-hybridized carbons (Fsp3) is 0.300. The second kappa shape index (κ2) is 8.33. The molecule has 132 valence electrons. The summed E-state index contributed by atoms with van der Waals surface area (Å²) in [7, 11) is 0. The Hall–Kier alpha value is -2.82. The molecule has 0 heterocycles. The number of carbonyl (C=O) groups is 2. The molecule has 2 aromatic carbocycles. The number of aryl methyl sites for hydroxylation is 1. The van der Waals surface area contributed by atoms with Gasteiger partial charge in [0.2, 0.25) is 5.91 Å². The minimum absolute atomic E-state index is 0.134. The van der Waals surface area contributed by atoms with Gasteiger partial charge in [-0.1, -0.05) is 19.1 Å². The Kier molecular flexibility index (Phi) is 6.17. The molecule has 0 bridgehead atoms. The number of rotatable bonds is 6. The van der Waals surface area contributed by atoms with Crippen LogP contribution >= 0.6 is 0 Å². The van der Waals surface area contributed by atoms with E-state index >= 15 is 0 Å². The summed E-state index contributed by atoms with van der Waals surface area (Å²) in [5.41, 5.74) is 3.50. The van der Waals surface area contributed by atoms with E-state index in [1.165, 1.54) is 6.92 Å². The lowest BCUT2D eigenvalue weighted by atomic mass is 10.1. The number of anilines is 2. The van der Waals surface area contributed by atoms with Crippen LogP contribution in [0.5, 0.6) is 5.75 Å². The third-order valence-electron chi connectivity index (χ3n) is 3.96. The van der Waals surface area contributed by atoms with Gasteiger partial charge in [0, 0.05) is 18.3 Å². The molecule has 0 aliphatic heterocycles. The van der Waals surface area contributed by atoms with Crippen LogP contribution in [0.15, 0.2) is 42.5 Å². The molecule has 0 radical (unpaired) electrons. The first-order valence-corrected chi connectivity index (χ1v) is 8.32. The Morgan fingerprint density at radius 3 is 2.16 bits per heavy atom. The predicted octanol–water partition coefficient (Wildman–Crippen LogP) is 4.06. The fourth-order valence-corrected chi connectivity index (χ4v) is 2.39. The van der Waals surface area contributed by atoms with Crippen molar-refractivity contribution in [3.63, 3.8) is 0 Å². The summed E-state index contributed by atoms with van der Waals surface area (Å²) in [5, 5.41) is 5.54. The van der Waals surface area contributed by atoms with Crippen molar-refractivity contribution in [2.75, 3.05) is 10.6 Å². The molecule has 0 fully saturated rings. The molecule has 0 aromatic heterocycles. The minimum atomic E-state index is -0.574. The Morgan fingerprint density at radius 2 is 1.60 bits per heavy atom. The summed E-state index contributed by atoms with van der Waals surface area (Å²) >= 11 is 0. The zero-order chi connectivity index (χ0) is 18.4. The predicted molar refractivity (Wildman–Crippen MR) is 100.0 cm³/mol. The van der Waals surface area contributed by atoms with E-state index in [0.717, 1.165) is 16.9 Å². The highest BCUT2D eigenvalue weighted by Crippen LogP contribution is 2.23. The molecular formula is C20H24N2O3. The molecule has 5 nitrogen and oxygen atoms in total. The molecule has 0 spiro atoms. The maximum Gasteiger partial charge on any atom is 0.265 e. The zero-order valence-corrected chi connectivity index (χ0v) is 15.1. The van der Waals surface area contributed by atoms with E-state index < -0.39 is 6.10 Å². The van der Waals surface area contributed by atoms with Crippen LogP contribution in [-0.2, 0) is 9.59 Å². The number of carbonyl (C=O) groups excluding carboxylic acids is 2. The van der Waals surface area contributed by atoms with Crippen molar-refractivity contribution in [2.45, 2.75) is 40.2 Å². The van der Waals surface area contributed by atoms with Gasteiger partial charge in [-0.25, -0.2) is 0 Å². The van der Waals surface area contributed by atoms with Crippen LogP contribution in [-0.4, -0.2) is 17.9 Å². The quantitative estimate of drug-likeness (QED) is 0.833. The van der Waals surface area contributed by atoms with Gasteiger partial charge in [0.15, 0.2) is 6.10 Å². The van der Waals surface area contributed by atoms with E-state index in [1.807, 2.05) is 39.0 Å². The summed E-state index contributed by atoms with van der Waals surface area (Å²) < 4.78 is 5.92. The molecule has 2 amide bonds. The van der Waals surface area contributed by atoms with Crippen molar-refractivity contribution in [3.05, 3.63) is 53.6 Å². The highest BCUT2D eigenvalue weighted by molar-refractivity contribution is 5.95. The van der Waals surface area contributed by atoms with E-state index in [4.69, 9.17) is 4.74 Å². The monoisotopic (exact) mass is 340 g/mol. The molecular weight excluding hydrogens is 316 g/mol. The maximum absolute atomic E-state index is 12.5. The summed E-state index contributed by atoms with van der Waals surface area (Å²) in [6.45, 7) is 7.36. The van der Waals surface area contributed by atoms with Crippen LogP contribution in [0.2, 0.25) is 0 Å². The zero-order valence-electron chi connectivity index (χ0n) is 15.1. The maximum atomic E-state index is 12.5. The molecule has 1 unspecified atom stereocenters. The van der Waals surface area contributed by atoms with E-state index in [1.54, 1.807) is 24.3 Å². The number of hydrogen-bond donors (Lipinski definition) is 2. The SMILES string of the molecule is CCC(Oc1cccc(C)c1C)C(=O)Nc1ccc(NC(C)=O)cc1. The van der Waals surface area contributed by atoms with Gasteiger partial charge >= 0.3 is 0 Å². The highest BCUT2D eigenvalue weighted by atomic mass is 16.5. The average molecular weight is 340 g/mol. The van der Waals surface area contributed by atoms with Gasteiger partial charge in [0.1, 0.15) is 5.75 Å². The molecule has 25 heavy (non-hydrogen) atoms. The van der Waals surface area contributed by atoms with Gasteiger partial charge in [0.25, 0.3) is 5.91 Å². The van der Waals surface area contributed by atoms with Crippen LogP contribution in [0.25, 0.3) is 0 Å². The van der Waals surface area contributed by atoms with E-state index in [-0.39, 0.29) is 11.8 Å². The second-order valence-electron chi connectivity index (χ2n) is 5.96. The molecule has 2 aromatic rings. The lowest BCUT2D eigenvalue weighted by molar-refractivity contribution is -0.122. The van der Waals surface area contributed by atoms with Crippen molar-refractivity contribution in [2.24, 2.45) is 0 Å². The van der Waals surface area contributed by atoms with Gasteiger partial charge in [0.05, 0.1) is 0 Å². The first kappa shape index (κ1) is 18.5. The van der Waals surface area contributed by atoms with Crippen molar-refractivity contribution >= 4 is 23.2 Å². The van der Waals surface area contributed by atoms with Crippen LogP contribution in [0, 0.1) is 13.8 Å². The molecule has 1 atom stereocenters. The van der Waals surface area contributed by atoms with Gasteiger partial charge in [-0.15, -0.1) is 0 Å². The lowest BCUT2D eigenvalue weighted by Gasteiger charge is -2.19. The fourth-order valence-electron chi connectivity index (χ4n) is 2.39. The average Bonchev–Trinajstić information content (AvgIpc) is 2.57. The van der Waals surface area contributed by atoms with Crippen molar-refractivity contribution < 1.29 is 14.3 Å². The second-order valence-corrected chi connectivity index (χ2v) is 5.96. The van der Waals surface area contributed by atoms with Crippen molar-refractivity contribution in [3.8, 4) is 5.75 Å². The number of hydrogen-bond acceptors (Lipinski definition) is 3. The van der Waals surface area contributed by atoms with Crippen molar-refractivity contribution in [1.29, 1.82) is 0 Å². The van der Waals surface area contributed by atoms with E-state index in [9.17, 15) is 9.59 Å². The molecule has 5 heteroatoms. The molecule has 2 rings (SSSR count). The molecule has 2 N–H and O–H groups in total. The van der Waals surface area contributed by atoms with Gasteiger partial charge < -0.3 is 15.4 Å².